The Morgan fingerprint density at radius 1 is 1.47 bits per heavy atom. The van der Waals surface area contributed by atoms with Crippen LogP contribution in [-0.2, 0) is 11.3 Å². The Kier molecular flexibility index (Phi) is 7.04. The molecule has 6 nitrogen and oxygen atoms in total. The molecule has 108 valence electrons. The van der Waals surface area contributed by atoms with Crippen molar-refractivity contribution in [2.24, 2.45) is 0 Å². The molecule has 0 fully saturated rings. The summed E-state index contributed by atoms with van der Waals surface area (Å²) in [5, 5.41) is 10.6. The Bertz CT molecular complexity index is 448. The number of hydrogen-bond donors (Lipinski definition) is 2. The van der Waals surface area contributed by atoms with Gasteiger partial charge in [-0.3, -0.25) is 4.79 Å². The van der Waals surface area contributed by atoms with Crippen LogP contribution in [-0.4, -0.2) is 42.6 Å². The molecular formula is C12H21BrN4O2. The summed E-state index contributed by atoms with van der Waals surface area (Å²) >= 11 is 3.31. The van der Waals surface area contributed by atoms with E-state index < -0.39 is 0 Å². The van der Waals surface area contributed by atoms with Crippen LogP contribution in [0.1, 0.15) is 13.8 Å². The average Bonchev–Trinajstić information content (AvgIpc) is 2.38. The van der Waals surface area contributed by atoms with Gasteiger partial charge in [0.2, 0.25) is 0 Å². The zero-order chi connectivity index (χ0) is 14.3. The first-order valence-electron chi connectivity index (χ1n) is 6.28. The first kappa shape index (κ1) is 16.1. The molecule has 0 saturated heterocycles. The summed E-state index contributed by atoms with van der Waals surface area (Å²) in [6.45, 7) is 6.66. The minimum absolute atomic E-state index is 0.154. The number of nitrogens with one attached hydrogen (secondary N) is 2. The third-order valence-corrected chi connectivity index (χ3v) is 3.25. The lowest BCUT2D eigenvalue weighted by Crippen LogP contribution is -2.30. The van der Waals surface area contributed by atoms with Gasteiger partial charge < -0.3 is 15.4 Å². The molecule has 1 rings (SSSR count). The second kappa shape index (κ2) is 8.29. The Morgan fingerprint density at radius 2 is 2.21 bits per heavy atom. The SMILES string of the molecule is COCCn1ncc(NCCNC(C)C)c(Br)c1=O. The van der Waals surface area contributed by atoms with E-state index in [0.717, 1.165) is 13.1 Å². The van der Waals surface area contributed by atoms with Gasteiger partial charge in [0.25, 0.3) is 5.56 Å². The maximum atomic E-state index is 12.0. The van der Waals surface area contributed by atoms with Crippen LogP contribution >= 0.6 is 15.9 Å². The first-order valence-corrected chi connectivity index (χ1v) is 7.07. The summed E-state index contributed by atoms with van der Waals surface area (Å²) in [4.78, 5) is 12.0. The summed E-state index contributed by atoms with van der Waals surface area (Å²) in [7, 11) is 1.59. The quantitative estimate of drug-likeness (QED) is 0.697. The maximum absolute atomic E-state index is 12.0. The Labute approximate surface area is 121 Å². The summed E-state index contributed by atoms with van der Waals surface area (Å²) in [6.07, 6.45) is 1.65. The van der Waals surface area contributed by atoms with Crippen LogP contribution in [0.4, 0.5) is 5.69 Å². The minimum Gasteiger partial charge on any atom is -0.383 e. The molecule has 0 aliphatic rings. The predicted octanol–water partition coefficient (Wildman–Crippen LogP) is 1.06. The first-order chi connectivity index (χ1) is 9.06. The Hall–Kier alpha value is -0.920. The molecule has 0 bridgehead atoms. The fraction of sp³-hybridized carbons (Fsp3) is 0.667. The lowest BCUT2D eigenvalue weighted by molar-refractivity contribution is 0.181. The number of halogens is 1. The third kappa shape index (κ3) is 5.30. The van der Waals surface area contributed by atoms with E-state index in [0.29, 0.717) is 29.4 Å². The van der Waals surface area contributed by atoms with Crippen molar-refractivity contribution in [3.8, 4) is 0 Å². The molecule has 0 unspecified atom stereocenters. The molecule has 1 aromatic rings. The van der Waals surface area contributed by atoms with Gasteiger partial charge in [-0.25, -0.2) is 4.68 Å². The molecule has 19 heavy (non-hydrogen) atoms. The van der Waals surface area contributed by atoms with Crippen molar-refractivity contribution in [1.29, 1.82) is 0 Å². The maximum Gasteiger partial charge on any atom is 0.283 e. The number of methoxy groups -OCH3 is 1. The zero-order valence-electron chi connectivity index (χ0n) is 11.6. The van der Waals surface area contributed by atoms with Gasteiger partial charge in [-0.1, -0.05) is 13.8 Å². The van der Waals surface area contributed by atoms with Crippen LogP contribution < -0.4 is 16.2 Å². The molecule has 0 amide bonds. The second-order valence-electron chi connectivity index (χ2n) is 4.43. The molecule has 1 heterocycles. The van der Waals surface area contributed by atoms with Crippen molar-refractivity contribution in [3.05, 3.63) is 21.0 Å². The highest BCUT2D eigenvalue weighted by molar-refractivity contribution is 9.10. The van der Waals surface area contributed by atoms with E-state index in [2.05, 4.69) is 45.5 Å². The Morgan fingerprint density at radius 3 is 2.84 bits per heavy atom. The number of nitrogens with zero attached hydrogens (tertiary/aromatic N) is 2. The molecule has 0 spiro atoms. The standard InChI is InChI=1S/C12H21BrN4O2/c1-9(2)14-4-5-15-10-8-16-17(6-7-19-3)12(18)11(10)13/h8-9,14-15H,4-7H2,1-3H3. The van der Waals surface area contributed by atoms with Crippen LogP contribution in [0.2, 0.25) is 0 Å². The molecule has 0 radical (unpaired) electrons. The van der Waals surface area contributed by atoms with Crippen molar-refractivity contribution in [2.75, 3.05) is 32.1 Å². The number of hydrogen-bond acceptors (Lipinski definition) is 5. The molecule has 0 atom stereocenters. The van der Waals surface area contributed by atoms with E-state index in [4.69, 9.17) is 4.74 Å². The van der Waals surface area contributed by atoms with Crippen molar-refractivity contribution in [1.82, 2.24) is 15.1 Å². The van der Waals surface area contributed by atoms with E-state index in [-0.39, 0.29) is 5.56 Å². The van der Waals surface area contributed by atoms with Gasteiger partial charge in [-0.15, -0.1) is 0 Å². The van der Waals surface area contributed by atoms with Gasteiger partial charge in [-0.2, -0.15) is 5.10 Å². The number of aromatic nitrogens is 2. The van der Waals surface area contributed by atoms with E-state index in [1.54, 1.807) is 13.3 Å². The van der Waals surface area contributed by atoms with E-state index in [1.807, 2.05) is 0 Å². The Balaban J connectivity index is 2.61. The highest BCUT2D eigenvalue weighted by atomic mass is 79.9. The van der Waals surface area contributed by atoms with Gasteiger partial charge in [-0.05, 0) is 15.9 Å². The minimum atomic E-state index is -0.154. The molecule has 0 aliphatic heterocycles. The largest absolute Gasteiger partial charge is 0.383 e. The van der Waals surface area contributed by atoms with Crippen molar-refractivity contribution in [3.63, 3.8) is 0 Å². The molecule has 0 aromatic carbocycles. The van der Waals surface area contributed by atoms with Crippen LogP contribution in [0.25, 0.3) is 0 Å². The van der Waals surface area contributed by atoms with Crippen molar-refractivity contribution >= 4 is 21.6 Å². The van der Waals surface area contributed by atoms with Gasteiger partial charge in [0.1, 0.15) is 4.47 Å². The van der Waals surface area contributed by atoms with E-state index in [1.165, 1.54) is 4.68 Å². The zero-order valence-corrected chi connectivity index (χ0v) is 13.2. The highest BCUT2D eigenvalue weighted by Gasteiger charge is 2.08. The normalized spacial score (nSPS) is 11.0. The molecule has 0 aliphatic carbocycles. The second-order valence-corrected chi connectivity index (χ2v) is 5.22. The summed E-state index contributed by atoms with van der Waals surface area (Å²) in [5.41, 5.74) is 0.558. The topological polar surface area (TPSA) is 68.2 Å². The van der Waals surface area contributed by atoms with Gasteiger partial charge in [0.15, 0.2) is 0 Å². The van der Waals surface area contributed by atoms with Gasteiger partial charge in [0, 0.05) is 26.2 Å². The summed E-state index contributed by atoms with van der Waals surface area (Å²) in [5.74, 6) is 0. The molecule has 0 saturated carbocycles. The lowest BCUT2D eigenvalue weighted by Gasteiger charge is -2.12. The number of anilines is 1. The summed E-state index contributed by atoms with van der Waals surface area (Å²) in [6, 6.07) is 0.449. The fourth-order valence-electron chi connectivity index (χ4n) is 1.48. The monoisotopic (exact) mass is 332 g/mol. The molecule has 1 aromatic heterocycles. The van der Waals surface area contributed by atoms with Crippen molar-refractivity contribution in [2.45, 2.75) is 26.4 Å². The summed E-state index contributed by atoms with van der Waals surface area (Å²) < 4.78 is 6.82. The third-order valence-electron chi connectivity index (χ3n) is 2.49. The lowest BCUT2D eigenvalue weighted by atomic mass is 10.4. The van der Waals surface area contributed by atoms with E-state index >= 15 is 0 Å². The molecule has 2 N–H and O–H groups in total. The average molecular weight is 333 g/mol. The smallest absolute Gasteiger partial charge is 0.283 e. The highest BCUT2D eigenvalue weighted by Crippen LogP contribution is 2.15. The van der Waals surface area contributed by atoms with Gasteiger partial charge in [0.05, 0.1) is 25.0 Å². The fourth-order valence-corrected chi connectivity index (χ4v) is 1.93. The van der Waals surface area contributed by atoms with Crippen LogP contribution in [0.5, 0.6) is 0 Å². The molecule has 7 heteroatoms. The van der Waals surface area contributed by atoms with E-state index in [9.17, 15) is 4.79 Å². The number of ether oxygens (including phenoxy) is 1. The van der Waals surface area contributed by atoms with Crippen LogP contribution in [0, 0.1) is 0 Å². The van der Waals surface area contributed by atoms with Crippen LogP contribution in [0.15, 0.2) is 15.5 Å². The molecular weight excluding hydrogens is 312 g/mol. The predicted molar refractivity (Wildman–Crippen MR) is 79.7 cm³/mol. The number of rotatable bonds is 8. The van der Waals surface area contributed by atoms with Gasteiger partial charge >= 0.3 is 0 Å². The van der Waals surface area contributed by atoms with Crippen LogP contribution in [0.3, 0.4) is 0 Å². The van der Waals surface area contributed by atoms with Crippen molar-refractivity contribution < 1.29 is 4.74 Å².